The van der Waals surface area contributed by atoms with Crippen LogP contribution in [0, 0.1) is 17.0 Å². The van der Waals surface area contributed by atoms with E-state index >= 15 is 0 Å². The van der Waals surface area contributed by atoms with Crippen LogP contribution in [0.15, 0.2) is 36.4 Å². The van der Waals surface area contributed by atoms with Gasteiger partial charge in [0.05, 0.1) is 5.69 Å². The lowest BCUT2D eigenvalue weighted by Crippen LogP contribution is -2.41. The first kappa shape index (κ1) is 17.7. The Morgan fingerprint density at radius 1 is 0.962 bits per heavy atom. The van der Waals surface area contributed by atoms with Gasteiger partial charge in [-0.3, -0.25) is 9.59 Å². The first-order valence-corrected chi connectivity index (χ1v) is 7.75. The maximum absolute atomic E-state index is 13.7. The Bertz CT molecular complexity index is 883. The molecule has 1 heterocycles. The number of hydrogen-bond donors (Lipinski definition) is 2. The van der Waals surface area contributed by atoms with Gasteiger partial charge in [0.2, 0.25) is 18.6 Å². The third-order valence-corrected chi connectivity index (χ3v) is 3.95. The Morgan fingerprint density at radius 3 is 2.38 bits per heavy atom. The lowest BCUT2D eigenvalue weighted by molar-refractivity contribution is -0.135. The Kier molecular flexibility index (Phi) is 4.50. The van der Waals surface area contributed by atoms with Crippen molar-refractivity contribution >= 4 is 23.2 Å². The Balaban J connectivity index is 1.71. The quantitative estimate of drug-likeness (QED) is 0.819. The van der Waals surface area contributed by atoms with Crippen molar-refractivity contribution in [3.63, 3.8) is 0 Å². The van der Waals surface area contributed by atoms with Gasteiger partial charge in [0.25, 0.3) is 0 Å². The number of ether oxygens (including phenoxy) is 2. The molecule has 0 saturated heterocycles. The van der Waals surface area contributed by atoms with Gasteiger partial charge in [-0.25, -0.2) is 8.78 Å². The summed E-state index contributed by atoms with van der Waals surface area (Å²) in [6.45, 7) is 2.89. The van der Waals surface area contributed by atoms with E-state index < -0.39 is 28.9 Å². The van der Waals surface area contributed by atoms with Crippen molar-refractivity contribution in [1.29, 1.82) is 0 Å². The van der Waals surface area contributed by atoms with Crippen molar-refractivity contribution in [3.05, 3.63) is 48.0 Å². The number of benzene rings is 2. The fraction of sp³-hybridized carbons (Fsp3) is 0.222. The predicted octanol–water partition coefficient (Wildman–Crippen LogP) is 3.30. The van der Waals surface area contributed by atoms with Crippen LogP contribution in [0.4, 0.5) is 20.2 Å². The molecule has 26 heavy (non-hydrogen) atoms. The molecule has 2 N–H and O–H groups in total. The molecule has 0 saturated carbocycles. The number of rotatable bonds is 4. The zero-order valence-electron chi connectivity index (χ0n) is 14.1. The second-order valence-electron chi connectivity index (χ2n) is 6.23. The van der Waals surface area contributed by atoms with Gasteiger partial charge in [0.1, 0.15) is 17.0 Å². The summed E-state index contributed by atoms with van der Waals surface area (Å²) in [6, 6.07) is 7.58. The number of carbonyl (C=O) groups excluding carboxylic acids is 2. The van der Waals surface area contributed by atoms with Crippen molar-refractivity contribution in [1.82, 2.24) is 0 Å². The number of hydrogen-bond acceptors (Lipinski definition) is 4. The molecular formula is C18H16F2N2O4. The standard InChI is InChI=1S/C18H16F2N2O4/c1-18(2,17(24)22-13-5-3-10(19)7-12(13)20)16(23)21-11-4-6-14-15(8-11)26-9-25-14/h3-8H,9H2,1-2H3,(H,21,23)(H,22,24). The van der Waals surface area contributed by atoms with Gasteiger partial charge < -0.3 is 20.1 Å². The molecule has 6 nitrogen and oxygen atoms in total. The minimum Gasteiger partial charge on any atom is -0.454 e. The zero-order chi connectivity index (χ0) is 18.9. The van der Waals surface area contributed by atoms with Crippen molar-refractivity contribution in [3.8, 4) is 11.5 Å². The first-order chi connectivity index (χ1) is 12.3. The molecule has 0 bridgehead atoms. The molecule has 2 aromatic rings. The highest BCUT2D eigenvalue weighted by molar-refractivity contribution is 6.14. The summed E-state index contributed by atoms with van der Waals surface area (Å²) in [5, 5.41) is 4.91. The fourth-order valence-electron chi connectivity index (χ4n) is 2.23. The molecule has 0 aromatic heterocycles. The number of nitrogens with one attached hydrogen (secondary N) is 2. The molecule has 3 rings (SSSR count). The van der Waals surface area contributed by atoms with Crippen LogP contribution in [0.5, 0.6) is 11.5 Å². The van der Waals surface area contributed by atoms with Crippen LogP contribution in [-0.2, 0) is 9.59 Å². The minimum atomic E-state index is -1.52. The predicted molar refractivity (Wildman–Crippen MR) is 90.0 cm³/mol. The number of anilines is 2. The molecular weight excluding hydrogens is 346 g/mol. The lowest BCUT2D eigenvalue weighted by atomic mass is 9.90. The Hall–Kier alpha value is -3.16. The molecule has 0 fully saturated rings. The highest BCUT2D eigenvalue weighted by Gasteiger charge is 2.36. The van der Waals surface area contributed by atoms with Crippen LogP contribution in [0.2, 0.25) is 0 Å². The summed E-state index contributed by atoms with van der Waals surface area (Å²) < 4.78 is 37.1. The number of amides is 2. The second kappa shape index (κ2) is 6.62. The summed E-state index contributed by atoms with van der Waals surface area (Å²) in [6.07, 6.45) is 0. The van der Waals surface area contributed by atoms with Crippen LogP contribution < -0.4 is 20.1 Å². The van der Waals surface area contributed by atoms with Crippen molar-refractivity contribution in [2.75, 3.05) is 17.4 Å². The maximum atomic E-state index is 13.7. The number of fused-ring (bicyclic) bond motifs is 1. The molecule has 8 heteroatoms. The Morgan fingerprint density at radius 2 is 1.65 bits per heavy atom. The van der Waals surface area contributed by atoms with Crippen LogP contribution in [-0.4, -0.2) is 18.6 Å². The summed E-state index contributed by atoms with van der Waals surface area (Å²) in [4.78, 5) is 24.9. The third kappa shape index (κ3) is 3.44. The van der Waals surface area contributed by atoms with Crippen LogP contribution in [0.1, 0.15) is 13.8 Å². The van der Waals surface area contributed by atoms with E-state index in [0.717, 1.165) is 12.1 Å². The van der Waals surface area contributed by atoms with E-state index in [4.69, 9.17) is 9.47 Å². The van der Waals surface area contributed by atoms with Crippen LogP contribution in [0.25, 0.3) is 0 Å². The van der Waals surface area contributed by atoms with E-state index in [2.05, 4.69) is 10.6 Å². The molecule has 0 aliphatic carbocycles. The summed E-state index contributed by atoms with van der Waals surface area (Å²) in [5.74, 6) is -1.98. The normalized spacial score (nSPS) is 12.6. The monoisotopic (exact) mass is 362 g/mol. The van der Waals surface area contributed by atoms with Crippen molar-refractivity contribution in [2.45, 2.75) is 13.8 Å². The van der Waals surface area contributed by atoms with Gasteiger partial charge in [-0.05, 0) is 38.1 Å². The topological polar surface area (TPSA) is 76.7 Å². The molecule has 0 atom stereocenters. The minimum absolute atomic E-state index is 0.101. The SMILES string of the molecule is CC(C)(C(=O)Nc1ccc2c(c1)OCO2)C(=O)Nc1ccc(F)cc1F. The maximum Gasteiger partial charge on any atom is 0.239 e. The third-order valence-electron chi connectivity index (χ3n) is 3.95. The van der Waals surface area contributed by atoms with E-state index in [1.54, 1.807) is 18.2 Å². The molecule has 0 unspecified atom stereocenters. The van der Waals surface area contributed by atoms with E-state index in [1.165, 1.54) is 13.8 Å². The van der Waals surface area contributed by atoms with Crippen molar-refractivity contribution in [2.24, 2.45) is 5.41 Å². The van der Waals surface area contributed by atoms with E-state index in [1.807, 2.05) is 0 Å². The Labute approximate surface area is 148 Å². The average molecular weight is 362 g/mol. The summed E-state index contributed by atoms with van der Waals surface area (Å²) in [5.41, 5.74) is -1.30. The van der Waals surface area contributed by atoms with Crippen LogP contribution in [0.3, 0.4) is 0 Å². The summed E-state index contributed by atoms with van der Waals surface area (Å²) >= 11 is 0. The highest BCUT2D eigenvalue weighted by atomic mass is 19.1. The highest BCUT2D eigenvalue weighted by Crippen LogP contribution is 2.34. The van der Waals surface area contributed by atoms with Gasteiger partial charge in [-0.15, -0.1) is 0 Å². The summed E-state index contributed by atoms with van der Waals surface area (Å²) in [7, 11) is 0. The second-order valence-corrected chi connectivity index (χ2v) is 6.23. The lowest BCUT2D eigenvalue weighted by Gasteiger charge is -2.23. The zero-order valence-corrected chi connectivity index (χ0v) is 14.1. The van der Waals surface area contributed by atoms with Gasteiger partial charge in [0, 0.05) is 17.8 Å². The first-order valence-electron chi connectivity index (χ1n) is 7.75. The molecule has 2 aromatic carbocycles. The molecule has 136 valence electrons. The number of carbonyl (C=O) groups is 2. The van der Waals surface area contributed by atoms with E-state index in [9.17, 15) is 18.4 Å². The largest absolute Gasteiger partial charge is 0.454 e. The smallest absolute Gasteiger partial charge is 0.239 e. The van der Waals surface area contributed by atoms with Gasteiger partial charge >= 0.3 is 0 Å². The average Bonchev–Trinajstić information content (AvgIpc) is 3.04. The van der Waals surface area contributed by atoms with E-state index in [-0.39, 0.29) is 12.5 Å². The van der Waals surface area contributed by atoms with Gasteiger partial charge in [-0.1, -0.05) is 0 Å². The number of halogens is 2. The van der Waals surface area contributed by atoms with Crippen molar-refractivity contribution < 1.29 is 27.8 Å². The molecule has 1 aliphatic heterocycles. The van der Waals surface area contributed by atoms with Gasteiger partial charge in [-0.2, -0.15) is 0 Å². The van der Waals surface area contributed by atoms with E-state index in [0.29, 0.717) is 23.3 Å². The van der Waals surface area contributed by atoms with Crippen LogP contribution >= 0.6 is 0 Å². The fourth-order valence-corrected chi connectivity index (χ4v) is 2.23. The molecule has 1 aliphatic rings. The molecule has 0 spiro atoms. The van der Waals surface area contributed by atoms with Gasteiger partial charge in [0.15, 0.2) is 11.5 Å². The molecule has 0 radical (unpaired) electrons. The molecule has 2 amide bonds.